The summed E-state index contributed by atoms with van der Waals surface area (Å²) in [5.74, 6) is -4.08. The number of aldehydes is 1. The van der Waals surface area contributed by atoms with E-state index in [-0.39, 0.29) is 25.7 Å². The van der Waals surface area contributed by atoms with Crippen molar-refractivity contribution in [3.8, 4) is 0 Å². The molecule has 0 aromatic rings. The normalized spacial score (nSPS) is 36.7. The van der Waals surface area contributed by atoms with Crippen LogP contribution in [0.4, 0.5) is 0 Å². The third kappa shape index (κ3) is 16.0. The molecule has 0 bridgehead atoms. The molecule has 3 rings (SSSR count). The van der Waals surface area contributed by atoms with Gasteiger partial charge in [0.15, 0.2) is 30.4 Å². The predicted molar refractivity (Wildman–Crippen MR) is 229 cm³/mol. The molecule has 364 valence electrons. The number of unbranched alkanes of at least 4 members (excludes halogenated alkanes) is 1. The van der Waals surface area contributed by atoms with Crippen LogP contribution in [0, 0.1) is 11.8 Å². The van der Waals surface area contributed by atoms with E-state index in [0.29, 0.717) is 19.1 Å². The van der Waals surface area contributed by atoms with Crippen LogP contribution in [-0.4, -0.2) is 153 Å². The van der Waals surface area contributed by atoms with Gasteiger partial charge in [-0.25, -0.2) is 0 Å². The van der Waals surface area contributed by atoms with E-state index in [1.165, 1.54) is 27.9 Å². The Bertz CT molecular complexity index is 1600. The summed E-state index contributed by atoms with van der Waals surface area (Å²) in [5.41, 5.74) is -1.35. The van der Waals surface area contributed by atoms with Crippen LogP contribution in [0.5, 0.6) is 0 Å². The first-order chi connectivity index (χ1) is 30.1. The van der Waals surface area contributed by atoms with Crippen molar-refractivity contribution in [3.63, 3.8) is 0 Å². The molecule has 2 saturated heterocycles. The van der Waals surface area contributed by atoms with Gasteiger partial charge in [-0.05, 0) is 72.5 Å². The molecular weight excluding hydrogens is 838 g/mol. The molecule has 0 aliphatic carbocycles. The summed E-state index contributed by atoms with van der Waals surface area (Å²) in [6.07, 6.45) is -3.06. The second-order valence-corrected chi connectivity index (χ2v) is 17.6. The second kappa shape index (κ2) is 25.8. The number of methoxy groups -OCH3 is 1. The quantitative estimate of drug-likeness (QED) is 0.138. The number of rotatable bonds is 15. The first-order valence-corrected chi connectivity index (χ1v) is 22.3. The molecule has 16 unspecified atom stereocenters. The van der Waals surface area contributed by atoms with Gasteiger partial charge >= 0.3 is 29.8 Å². The van der Waals surface area contributed by atoms with E-state index in [1.54, 1.807) is 71.0 Å². The third-order valence-corrected chi connectivity index (χ3v) is 11.7. The number of aliphatic hydroxyl groups is 1. The van der Waals surface area contributed by atoms with Crippen molar-refractivity contribution < 1.29 is 81.2 Å². The maximum atomic E-state index is 13.1. The zero-order valence-corrected chi connectivity index (χ0v) is 39.6. The van der Waals surface area contributed by atoms with E-state index < -0.39 is 133 Å². The lowest BCUT2D eigenvalue weighted by Gasteiger charge is -2.51. The SMILES string of the molecule is CCCCC(=O)OC1C(C)OC(OC2C(C)OC(OC3C(CC=O)CC(C)C(OC(C)=O)C=CC=CCC(C)OC(=O)CC(O)C3OC)C(OC(C)=O)C2N(C)C)CC1(C)OC(C)=O. The highest BCUT2D eigenvalue weighted by Crippen LogP contribution is 2.40. The van der Waals surface area contributed by atoms with Crippen molar-refractivity contribution in [2.45, 2.75) is 199 Å². The van der Waals surface area contributed by atoms with Crippen LogP contribution in [0.25, 0.3) is 0 Å². The Labute approximate surface area is 377 Å². The first-order valence-electron chi connectivity index (χ1n) is 22.3. The van der Waals surface area contributed by atoms with Gasteiger partial charge in [-0.15, -0.1) is 0 Å². The highest BCUT2D eigenvalue weighted by atomic mass is 16.7. The standard InChI is InChI=1S/C46H73NO17/c1-13-14-20-36(53)61-44-29(5)57-38(25-46(44,9)64-32(8)51)62-40-28(4)58-45(43(60-31(7)50)39(40)47(10)11)63-41-33(21-22-48)23-26(2)35(59-30(6)49)19-17-15-16-18-27(3)56-37(54)24-34(52)42(41)55-12/h15-17,19,22,26-29,33-35,38-45,52H,13-14,18,20-21,23-25H2,1-12H3. The number of carbonyl (C=O) groups is 6. The van der Waals surface area contributed by atoms with Crippen LogP contribution in [-0.2, 0) is 76.1 Å². The molecule has 3 aliphatic rings. The maximum absolute atomic E-state index is 13.1. The lowest BCUT2D eigenvalue weighted by atomic mass is 9.82. The molecule has 3 heterocycles. The van der Waals surface area contributed by atoms with Crippen LogP contribution in [0.2, 0.25) is 0 Å². The molecule has 1 N–H and O–H groups in total. The molecule has 3 aliphatic heterocycles. The van der Waals surface area contributed by atoms with E-state index in [2.05, 4.69) is 0 Å². The molecule has 64 heavy (non-hydrogen) atoms. The number of cyclic esters (lactones) is 1. The lowest BCUT2D eigenvalue weighted by Crippen LogP contribution is -2.67. The molecule has 18 heteroatoms. The highest BCUT2D eigenvalue weighted by Gasteiger charge is 2.55. The number of allylic oxidation sites excluding steroid dienone is 2. The fourth-order valence-electron chi connectivity index (χ4n) is 8.81. The van der Waals surface area contributed by atoms with Crippen molar-refractivity contribution in [3.05, 3.63) is 24.3 Å². The smallest absolute Gasteiger partial charge is 0.308 e. The zero-order chi connectivity index (χ0) is 47.9. The molecule has 0 spiro atoms. The van der Waals surface area contributed by atoms with E-state index in [4.69, 9.17) is 47.4 Å². The second-order valence-electron chi connectivity index (χ2n) is 17.6. The van der Waals surface area contributed by atoms with Gasteiger partial charge < -0.3 is 62.2 Å². The summed E-state index contributed by atoms with van der Waals surface area (Å²) in [6, 6.07) is -0.801. The van der Waals surface area contributed by atoms with Crippen molar-refractivity contribution >= 4 is 36.1 Å². The van der Waals surface area contributed by atoms with Gasteiger partial charge in [-0.3, -0.25) is 24.0 Å². The van der Waals surface area contributed by atoms with E-state index in [0.717, 1.165) is 6.42 Å². The Morgan fingerprint density at radius 1 is 0.906 bits per heavy atom. The molecule has 0 aromatic heterocycles. The monoisotopic (exact) mass is 911 g/mol. The summed E-state index contributed by atoms with van der Waals surface area (Å²) >= 11 is 0. The number of hydrogen-bond acceptors (Lipinski definition) is 18. The van der Waals surface area contributed by atoms with E-state index in [9.17, 15) is 33.9 Å². The molecule has 2 fully saturated rings. The fourth-order valence-corrected chi connectivity index (χ4v) is 8.81. The fraction of sp³-hybridized carbons (Fsp3) is 0.783. The van der Waals surface area contributed by atoms with Crippen LogP contribution >= 0.6 is 0 Å². The van der Waals surface area contributed by atoms with Gasteiger partial charge in [-0.1, -0.05) is 38.5 Å². The van der Waals surface area contributed by atoms with Gasteiger partial charge in [0.05, 0.1) is 36.9 Å². The van der Waals surface area contributed by atoms with Crippen molar-refractivity contribution in [2.75, 3.05) is 21.2 Å². The summed E-state index contributed by atoms with van der Waals surface area (Å²) in [5, 5.41) is 11.7. The Hall–Kier alpha value is -3.78. The van der Waals surface area contributed by atoms with Crippen molar-refractivity contribution in [1.82, 2.24) is 4.90 Å². The van der Waals surface area contributed by atoms with Gasteiger partial charge in [-0.2, -0.15) is 0 Å². The van der Waals surface area contributed by atoms with Gasteiger partial charge in [0.25, 0.3) is 0 Å². The number of ether oxygens (including phenoxy) is 10. The minimum atomic E-state index is -1.51. The molecule has 18 nitrogen and oxygen atoms in total. The van der Waals surface area contributed by atoms with Crippen LogP contribution in [0.15, 0.2) is 24.3 Å². The van der Waals surface area contributed by atoms with Crippen LogP contribution in [0.3, 0.4) is 0 Å². The molecule has 0 radical (unpaired) electrons. The van der Waals surface area contributed by atoms with Crippen LogP contribution < -0.4 is 0 Å². The topological polar surface area (TPSA) is 218 Å². The minimum Gasteiger partial charge on any atom is -0.462 e. The largest absolute Gasteiger partial charge is 0.462 e. The minimum absolute atomic E-state index is 0.0355. The number of likely N-dealkylation sites (N-methyl/N-ethyl adjacent to an activating group) is 1. The zero-order valence-electron chi connectivity index (χ0n) is 39.6. The number of hydrogen-bond donors (Lipinski definition) is 1. The molecule has 16 atom stereocenters. The van der Waals surface area contributed by atoms with E-state index in [1.807, 2.05) is 13.8 Å². The Morgan fingerprint density at radius 3 is 2.19 bits per heavy atom. The first kappa shape index (κ1) is 54.6. The highest BCUT2D eigenvalue weighted by molar-refractivity contribution is 5.71. The lowest BCUT2D eigenvalue weighted by molar-refractivity contribution is -0.345. The summed E-state index contributed by atoms with van der Waals surface area (Å²) in [4.78, 5) is 77.8. The Morgan fingerprint density at radius 2 is 1.59 bits per heavy atom. The Kier molecular flexibility index (Phi) is 22.0. The molecule has 0 aromatic carbocycles. The number of carbonyl (C=O) groups excluding carboxylic acids is 6. The molecule has 0 saturated carbocycles. The molecule has 0 amide bonds. The maximum Gasteiger partial charge on any atom is 0.308 e. The average Bonchev–Trinajstić information content (AvgIpc) is 3.17. The summed E-state index contributed by atoms with van der Waals surface area (Å²) in [6.45, 7) is 14.4. The van der Waals surface area contributed by atoms with Gasteiger partial charge in [0.1, 0.15) is 30.7 Å². The third-order valence-electron chi connectivity index (χ3n) is 11.7. The number of aliphatic hydroxyl groups excluding tert-OH is 1. The van der Waals surface area contributed by atoms with Crippen molar-refractivity contribution in [2.24, 2.45) is 11.8 Å². The number of esters is 5. The predicted octanol–water partition coefficient (Wildman–Crippen LogP) is 4.30. The van der Waals surface area contributed by atoms with Gasteiger partial charge in [0, 0.05) is 53.6 Å². The van der Waals surface area contributed by atoms with E-state index >= 15 is 0 Å². The average molecular weight is 912 g/mol. The Balaban J connectivity index is 2.08. The van der Waals surface area contributed by atoms with Crippen LogP contribution in [0.1, 0.15) is 114 Å². The summed E-state index contributed by atoms with van der Waals surface area (Å²) in [7, 11) is 4.83. The number of nitrogens with zero attached hydrogens (tertiary/aromatic N) is 1. The molecular formula is C46H73NO17. The van der Waals surface area contributed by atoms with Gasteiger partial charge in [0.2, 0.25) is 0 Å². The van der Waals surface area contributed by atoms with Crippen molar-refractivity contribution in [1.29, 1.82) is 0 Å². The summed E-state index contributed by atoms with van der Waals surface area (Å²) < 4.78 is 61.2.